The number of benzene rings is 2. The lowest BCUT2D eigenvalue weighted by atomic mass is 10.0. The molecule has 1 aliphatic heterocycles. The molecule has 0 aliphatic carbocycles. The van der Waals surface area contributed by atoms with Crippen molar-refractivity contribution in [1.29, 1.82) is 0 Å². The molecule has 0 fully saturated rings. The van der Waals surface area contributed by atoms with Crippen LogP contribution in [0, 0.1) is 13.8 Å². The number of aliphatic hydroxyl groups excluding tert-OH is 1. The third kappa shape index (κ3) is 3.49. The van der Waals surface area contributed by atoms with Gasteiger partial charge in [0.25, 0.3) is 11.8 Å². The van der Waals surface area contributed by atoms with Crippen molar-refractivity contribution < 1.29 is 14.7 Å². The van der Waals surface area contributed by atoms with Crippen molar-refractivity contribution in [2.45, 2.75) is 13.8 Å². The van der Waals surface area contributed by atoms with Crippen molar-refractivity contribution in [1.82, 2.24) is 0 Å². The Morgan fingerprint density at radius 3 is 2.46 bits per heavy atom. The van der Waals surface area contributed by atoms with Gasteiger partial charge in [-0.25, -0.2) is 4.90 Å². The molecule has 2 amide bonds. The first-order valence-electron chi connectivity index (χ1n) is 8.14. The molecule has 0 aromatic heterocycles. The van der Waals surface area contributed by atoms with Gasteiger partial charge in [0.15, 0.2) is 0 Å². The lowest BCUT2D eigenvalue weighted by molar-refractivity contribution is -0.119. The van der Waals surface area contributed by atoms with Crippen LogP contribution >= 0.6 is 27.7 Å². The van der Waals surface area contributed by atoms with Crippen LogP contribution in [-0.2, 0) is 9.59 Å². The number of amides is 2. The fraction of sp³-hybridized carbons (Fsp3) is 0.200. The predicted octanol–water partition coefficient (Wildman–Crippen LogP) is 4.08. The van der Waals surface area contributed by atoms with Gasteiger partial charge in [-0.3, -0.25) is 9.59 Å². The van der Waals surface area contributed by atoms with Gasteiger partial charge in [0.2, 0.25) is 0 Å². The van der Waals surface area contributed by atoms with E-state index in [1.165, 1.54) is 16.7 Å². The maximum atomic E-state index is 13.2. The van der Waals surface area contributed by atoms with Crippen LogP contribution in [0.4, 0.5) is 5.69 Å². The second-order valence-corrected chi connectivity index (χ2v) is 8.02. The van der Waals surface area contributed by atoms with E-state index in [4.69, 9.17) is 0 Å². The lowest BCUT2D eigenvalue weighted by Crippen LogP contribution is -2.31. The van der Waals surface area contributed by atoms with Gasteiger partial charge in [0.05, 0.1) is 22.8 Å². The molecule has 0 atom stereocenters. The first-order chi connectivity index (χ1) is 12.4. The van der Waals surface area contributed by atoms with E-state index in [2.05, 4.69) is 15.9 Å². The van der Waals surface area contributed by atoms with Crippen LogP contribution < -0.4 is 4.90 Å². The van der Waals surface area contributed by atoms with Crippen LogP contribution in [0.3, 0.4) is 0 Å². The SMILES string of the molecule is Cc1ccc(C2=C(SCCO)C(=O)N(c3cccc(Br)c3)C2=O)cc1C. The highest BCUT2D eigenvalue weighted by Gasteiger charge is 2.40. The van der Waals surface area contributed by atoms with Gasteiger partial charge < -0.3 is 5.11 Å². The number of nitrogens with zero attached hydrogens (tertiary/aromatic N) is 1. The highest BCUT2D eigenvalue weighted by Crippen LogP contribution is 2.39. The normalized spacial score (nSPS) is 14.5. The van der Waals surface area contributed by atoms with Gasteiger partial charge in [0, 0.05) is 10.2 Å². The second-order valence-electron chi connectivity index (χ2n) is 6.00. The van der Waals surface area contributed by atoms with Crippen molar-refractivity contribution in [2.75, 3.05) is 17.3 Å². The zero-order valence-electron chi connectivity index (χ0n) is 14.5. The summed E-state index contributed by atoms with van der Waals surface area (Å²) in [7, 11) is 0. The van der Waals surface area contributed by atoms with Crippen LogP contribution in [0.1, 0.15) is 16.7 Å². The van der Waals surface area contributed by atoms with Crippen molar-refractivity contribution in [3.8, 4) is 0 Å². The van der Waals surface area contributed by atoms with Gasteiger partial charge in [-0.05, 0) is 48.7 Å². The number of halogens is 1. The standard InChI is InChI=1S/C20H18BrNO3S/c1-12-6-7-14(10-13(12)2)17-18(26-9-8-23)20(25)22(19(17)24)16-5-3-4-15(21)11-16/h3-7,10-11,23H,8-9H2,1-2H3. The van der Waals surface area contributed by atoms with Gasteiger partial charge in [0.1, 0.15) is 0 Å². The van der Waals surface area contributed by atoms with E-state index in [9.17, 15) is 14.7 Å². The van der Waals surface area contributed by atoms with Crippen LogP contribution in [0.15, 0.2) is 51.8 Å². The summed E-state index contributed by atoms with van der Waals surface area (Å²) in [5.74, 6) is -0.328. The minimum atomic E-state index is -0.347. The average Bonchev–Trinajstić information content (AvgIpc) is 2.85. The Morgan fingerprint density at radius 1 is 1.04 bits per heavy atom. The van der Waals surface area contributed by atoms with Crippen molar-refractivity contribution in [2.24, 2.45) is 0 Å². The van der Waals surface area contributed by atoms with Gasteiger partial charge in [-0.2, -0.15) is 0 Å². The highest BCUT2D eigenvalue weighted by molar-refractivity contribution is 9.10. The molecular formula is C20H18BrNO3S. The van der Waals surface area contributed by atoms with Crippen LogP contribution in [0.25, 0.3) is 5.57 Å². The molecule has 2 aromatic carbocycles. The summed E-state index contributed by atoms with van der Waals surface area (Å²) >= 11 is 4.60. The monoisotopic (exact) mass is 431 g/mol. The van der Waals surface area contributed by atoms with E-state index in [0.29, 0.717) is 21.9 Å². The summed E-state index contributed by atoms with van der Waals surface area (Å²) in [5.41, 5.74) is 3.83. The first-order valence-corrected chi connectivity index (χ1v) is 9.92. The Hall–Kier alpha value is -1.89. The molecule has 26 heavy (non-hydrogen) atoms. The summed E-state index contributed by atoms with van der Waals surface area (Å²) in [5, 5.41) is 9.18. The number of thioether (sulfide) groups is 1. The van der Waals surface area contributed by atoms with Crippen molar-refractivity contribution in [3.05, 3.63) is 68.5 Å². The molecule has 134 valence electrons. The third-order valence-corrected chi connectivity index (χ3v) is 5.79. The number of hydrogen-bond acceptors (Lipinski definition) is 4. The summed E-state index contributed by atoms with van der Waals surface area (Å²) in [6, 6.07) is 12.9. The second kappa shape index (κ2) is 7.78. The first kappa shape index (κ1) is 18.9. The topological polar surface area (TPSA) is 57.6 Å². The number of carbonyl (C=O) groups is 2. The molecule has 4 nitrogen and oxygen atoms in total. The molecule has 1 aliphatic rings. The number of carbonyl (C=O) groups excluding carboxylic acids is 2. The van der Waals surface area contributed by atoms with Gasteiger partial charge in [-0.1, -0.05) is 40.2 Å². The maximum Gasteiger partial charge on any atom is 0.272 e. The van der Waals surface area contributed by atoms with E-state index in [1.807, 2.05) is 38.1 Å². The number of imide groups is 1. The Bertz CT molecular complexity index is 923. The van der Waals surface area contributed by atoms with Crippen LogP contribution in [-0.4, -0.2) is 29.3 Å². The lowest BCUT2D eigenvalue weighted by Gasteiger charge is -2.15. The molecule has 1 heterocycles. The summed E-state index contributed by atoms with van der Waals surface area (Å²) in [6.07, 6.45) is 0. The fourth-order valence-corrected chi connectivity index (χ4v) is 4.04. The largest absolute Gasteiger partial charge is 0.396 e. The molecular weight excluding hydrogens is 414 g/mol. The zero-order chi connectivity index (χ0) is 18.8. The number of aliphatic hydroxyl groups is 1. The molecule has 0 unspecified atom stereocenters. The maximum absolute atomic E-state index is 13.2. The smallest absolute Gasteiger partial charge is 0.272 e. The van der Waals surface area contributed by atoms with E-state index in [1.54, 1.807) is 18.2 Å². The molecule has 0 saturated heterocycles. The Kier molecular flexibility index (Phi) is 5.65. The number of hydrogen-bond donors (Lipinski definition) is 1. The minimum Gasteiger partial charge on any atom is -0.396 e. The number of aryl methyl sites for hydroxylation is 2. The van der Waals surface area contributed by atoms with Crippen molar-refractivity contribution in [3.63, 3.8) is 0 Å². The summed E-state index contributed by atoms with van der Waals surface area (Å²) in [4.78, 5) is 27.7. The van der Waals surface area contributed by atoms with Crippen LogP contribution in [0.2, 0.25) is 0 Å². The highest BCUT2D eigenvalue weighted by atomic mass is 79.9. The Labute approximate surface area is 165 Å². The summed E-state index contributed by atoms with van der Waals surface area (Å²) < 4.78 is 0.791. The van der Waals surface area contributed by atoms with E-state index in [0.717, 1.165) is 21.2 Å². The van der Waals surface area contributed by atoms with Gasteiger partial charge in [-0.15, -0.1) is 11.8 Å². The molecule has 0 bridgehead atoms. The predicted molar refractivity (Wildman–Crippen MR) is 109 cm³/mol. The molecule has 0 saturated carbocycles. The van der Waals surface area contributed by atoms with Crippen LogP contribution in [0.5, 0.6) is 0 Å². The third-order valence-electron chi connectivity index (χ3n) is 4.24. The van der Waals surface area contributed by atoms with E-state index < -0.39 is 0 Å². The van der Waals surface area contributed by atoms with Gasteiger partial charge >= 0.3 is 0 Å². The van der Waals surface area contributed by atoms with E-state index >= 15 is 0 Å². The Balaban J connectivity index is 2.10. The molecule has 3 rings (SSSR count). The molecule has 1 N–H and O–H groups in total. The molecule has 2 aromatic rings. The summed E-state index contributed by atoms with van der Waals surface area (Å²) in [6.45, 7) is 3.92. The van der Waals surface area contributed by atoms with E-state index in [-0.39, 0.29) is 18.4 Å². The number of rotatable bonds is 5. The zero-order valence-corrected chi connectivity index (χ0v) is 16.9. The quantitative estimate of drug-likeness (QED) is 0.724. The van der Waals surface area contributed by atoms with Crippen molar-refractivity contribution >= 4 is 50.8 Å². The minimum absolute atomic E-state index is 0.0628. The average molecular weight is 432 g/mol. The Morgan fingerprint density at radius 2 is 1.81 bits per heavy atom. The number of anilines is 1. The molecule has 6 heteroatoms. The molecule has 0 spiro atoms. The fourth-order valence-electron chi connectivity index (χ4n) is 2.79. The molecule has 0 radical (unpaired) electrons.